The molecule has 8 nitrogen and oxygen atoms in total. The lowest BCUT2D eigenvalue weighted by atomic mass is 9.95. The molecule has 1 saturated carbocycles. The highest BCUT2D eigenvalue weighted by Crippen LogP contribution is 2.28. The van der Waals surface area contributed by atoms with Crippen LogP contribution in [0.3, 0.4) is 0 Å². The fourth-order valence-electron chi connectivity index (χ4n) is 4.52. The van der Waals surface area contributed by atoms with Crippen LogP contribution in [0.2, 0.25) is 0 Å². The van der Waals surface area contributed by atoms with Gasteiger partial charge in [0.05, 0.1) is 21.3 Å². The summed E-state index contributed by atoms with van der Waals surface area (Å²) in [6.07, 6.45) is 5.88. The van der Waals surface area contributed by atoms with E-state index in [0.29, 0.717) is 29.4 Å². The van der Waals surface area contributed by atoms with E-state index in [1.165, 1.54) is 6.42 Å². The minimum Gasteiger partial charge on any atom is -0.497 e. The van der Waals surface area contributed by atoms with Crippen molar-refractivity contribution < 1.29 is 28.5 Å². The van der Waals surface area contributed by atoms with E-state index in [4.69, 9.17) is 18.9 Å². The maximum absolute atomic E-state index is 13.5. The minimum absolute atomic E-state index is 0.122. The number of nitrogens with one attached hydrogen (secondary N) is 1. The molecule has 1 N–H and O–H groups in total. The summed E-state index contributed by atoms with van der Waals surface area (Å²) < 4.78 is 21.8. The SMILES string of the molecule is CC[C@H](C(=O)NC1CCCCC1)N(Cc1cccc(OC)c1)C(=O)COc1cc(OC)cc(OC)c1. The van der Waals surface area contributed by atoms with Crippen LogP contribution in [0.1, 0.15) is 51.0 Å². The molecular weight excluding hydrogens is 460 g/mol. The Balaban J connectivity index is 1.79. The van der Waals surface area contributed by atoms with Crippen LogP contribution in [-0.4, -0.2) is 56.7 Å². The summed E-state index contributed by atoms with van der Waals surface area (Å²) >= 11 is 0. The summed E-state index contributed by atoms with van der Waals surface area (Å²) in [4.78, 5) is 28.4. The average molecular weight is 499 g/mol. The summed E-state index contributed by atoms with van der Waals surface area (Å²) in [7, 11) is 4.71. The zero-order chi connectivity index (χ0) is 25.9. The van der Waals surface area contributed by atoms with Crippen molar-refractivity contribution in [3.63, 3.8) is 0 Å². The van der Waals surface area contributed by atoms with Crippen molar-refractivity contribution in [2.45, 2.75) is 64.1 Å². The number of hydrogen-bond acceptors (Lipinski definition) is 6. The number of carbonyl (C=O) groups excluding carboxylic acids is 2. The van der Waals surface area contributed by atoms with Crippen molar-refractivity contribution in [3.05, 3.63) is 48.0 Å². The van der Waals surface area contributed by atoms with Gasteiger partial charge in [0.15, 0.2) is 6.61 Å². The summed E-state index contributed by atoms with van der Waals surface area (Å²) in [5.74, 6) is 1.85. The highest BCUT2D eigenvalue weighted by atomic mass is 16.5. The molecule has 0 saturated heterocycles. The van der Waals surface area contributed by atoms with Gasteiger partial charge in [-0.1, -0.05) is 38.3 Å². The lowest BCUT2D eigenvalue weighted by molar-refractivity contribution is -0.143. The first-order chi connectivity index (χ1) is 17.5. The minimum atomic E-state index is -0.617. The molecule has 1 fully saturated rings. The molecule has 0 bridgehead atoms. The average Bonchev–Trinajstić information content (AvgIpc) is 2.91. The Kier molecular flexibility index (Phi) is 10.3. The fraction of sp³-hybridized carbons (Fsp3) is 0.500. The van der Waals surface area contributed by atoms with Gasteiger partial charge in [0.2, 0.25) is 5.91 Å². The van der Waals surface area contributed by atoms with Crippen LogP contribution in [0, 0.1) is 0 Å². The van der Waals surface area contributed by atoms with Gasteiger partial charge in [0.1, 0.15) is 29.0 Å². The predicted octanol–water partition coefficient (Wildman–Crippen LogP) is 4.35. The van der Waals surface area contributed by atoms with Crippen LogP contribution >= 0.6 is 0 Å². The molecule has 2 aromatic carbocycles. The van der Waals surface area contributed by atoms with E-state index in [0.717, 1.165) is 31.2 Å². The number of ether oxygens (including phenoxy) is 4. The van der Waals surface area contributed by atoms with E-state index in [1.807, 2.05) is 31.2 Å². The molecule has 8 heteroatoms. The second kappa shape index (κ2) is 13.6. The van der Waals surface area contributed by atoms with E-state index < -0.39 is 6.04 Å². The van der Waals surface area contributed by atoms with Gasteiger partial charge in [0.25, 0.3) is 5.91 Å². The number of methoxy groups -OCH3 is 3. The Morgan fingerprint density at radius 1 is 0.917 bits per heavy atom. The maximum Gasteiger partial charge on any atom is 0.261 e. The fourth-order valence-corrected chi connectivity index (χ4v) is 4.52. The van der Waals surface area contributed by atoms with E-state index in [2.05, 4.69) is 5.32 Å². The van der Waals surface area contributed by atoms with Gasteiger partial charge in [-0.25, -0.2) is 0 Å². The maximum atomic E-state index is 13.5. The van der Waals surface area contributed by atoms with Crippen molar-refractivity contribution in [2.75, 3.05) is 27.9 Å². The third kappa shape index (κ3) is 7.54. The van der Waals surface area contributed by atoms with Gasteiger partial charge in [0, 0.05) is 30.8 Å². The molecule has 2 amide bonds. The number of hydrogen-bond donors (Lipinski definition) is 1. The molecule has 196 valence electrons. The van der Waals surface area contributed by atoms with Crippen LogP contribution in [0.25, 0.3) is 0 Å². The third-order valence-corrected chi connectivity index (χ3v) is 6.51. The summed E-state index contributed by atoms with van der Waals surface area (Å²) in [6, 6.07) is 12.2. The molecule has 2 aromatic rings. The van der Waals surface area contributed by atoms with Gasteiger partial charge in [-0.15, -0.1) is 0 Å². The zero-order valence-corrected chi connectivity index (χ0v) is 21.7. The van der Waals surface area contributed by atoms with E-state index in [-0.39, 0.29) is 31.0 Å². The molecule has 0 radical (unpaired) electrons. The number of carbonyl (C=O) groups is 2. The largest absolute Gasteiger partial charge is 0.497 e. The van der Waals surface area contributed by atoms with Crippen molar-refractivity contribution >= 4 is 11.8 Å². The smallest absolute Gasteiger partial charge is 0.261 e. The van der Waals surface area contributed by atoms with Crippen LogP contribution in [-0.2, 0) is 16.1 Å². The van der Waals surface area contributed by atoms with Crippen LogP contribution in [0.15, 0.2) is 42.5 Å². The van der Waals surface area contributed by atoms with E-state index in [1.54, 1.807) is 44.4 Å². The van der Waals surface area contributed by atoms with Crippen LogP contribution in [0.5, 0.6) is 23.0 Å². The molecular formula is C28H38N2O6. The standard InChI is InChI=1S/C28H38N2O6/c1-5-26(28(32)29-21-11-7-6-8-12-21)30(18-20-10-9-13-22(14-20)33-2)27(31)19-36-25-16-23(34-3)15-24(17-25)35-4/h9-10,13-17,21,26H,5-8,11-12,18-19H2,1-4H3,(H,29,32)/t26-/m1/s1. The number of nitrogens with zero attached hydrogens (tertiary/aromatic N) is 1. The molecule has 36 heavy (non-hydrogen) atoms. The van der Waals surface area contributed by atoms with Crippen LogP contribution < -0.4 is 24.3 Å². The molecule has 0 unspecified atom stereocenters. The van der Waals surface area contributed by atoms with Crippen molar-refractivity contribution in [1.29, 1.82) is 0 Å². The van der Waals surface area contributed by atoms with Gasteiger partial charge in [-0.05, 0) is 37.0 Å². The summed E-state index contributed by atoms with van der Waals surface area (Å²) in [5.41, 5.74) is 0.870. The number of benzene rings is 2. The quantitative estimate of drug-likeness (QED) is 0.468. The Bertz CT molecular complexity index is 983. The molecule has 1 atom stereocenters. The first-order valence-corrected chi connectivity index (χ1v) is 12.6. The summed E-state index contributed by atoms with van der Waals surface area (Å²) in [5, 5.41) is 3.19. The zero-order valence-electron chi connectivity index (χ0n) is 21.7. The number of amides is 2. The topological polar surface area (TPSA) is 86.3 Å². The van der Waals surface area contributed by atoms with Gasteiger partial charge in [-0.3, -0.25) is 9.59 Å². The number of rotatable bonds is 12. The highest BCUT2D eigenvalue weighted by Gasteiger charge is 2.30. The Hall–Kier alpha value is -3.42. The lowest BCUT2D eigenvalue weighted by Gasteiger charge is -2.32. The molecule has 0 spiro atoms. The van der Waals surface area contributed by atoms with E-state index in [9.17, 15) is 9.59 Å². The molecule has 3 rings (SSSR count). The van der Waals surface area contributed by atoms with Gasteiger partial charge in [-0.2, -0.15) is 0 Å². The van der Waals surface area contributed by atoms with Crippen molar-refractivity contribution in [3.8, 4) is 23.0 Å². The summed E-state index contributed by atoms with van der Waals surface area (Å²) in [6.45, 7) is 1.95. The molecule has 0 aromatic heterocycles. The second-order valence-electron chi connectivity index (χ2n) is 8.98. The first-order valence-electron chi connectivity index (χ1n) is 12.6. The Morgan fingerprint density at radius 2 is 1.56 bits per heavy atom. The predicted molar refractivity (Wildman–Crippen MR) is 138 cm³/mol. The lowest BCUT2D eigenvalue weighted by Crippen LogP contribution is -2.52. The monoisotopic (exact) mass is 498 g/mol. The van der Waals surface area contributed by atoms with Crippen molar-refractivity contribution in [1.82, 2.24) is 10.2 Å². The first kappa shape index (κ1) is 27.2. The molecule has 1 aliphatic rings. The Morgan fingerprint density at radius 3 is 2.17 bits per heavy atom. The van der Waals surface area contributed by atoms with Gasteiger partial charge >= 0.3 is 0 Å². The third-order valence-electron chi connectivity index (χ3n) is 6.51. The molecule has 0 aliphatic heterocycles. The molecule has 1 aliphatic carbocycles. The Labute approximate surface area is 213 Å². The van der Waals surface area contributed by atoms with Gasteiger partial charge < -0.3 is 29.2 Å². The van der Waals surface area contributed by atoms with Crippen molar-refractivity contribution in [2.24, 2.45) is 0 Å². The normalized spacial score (nSPS) is 14.4. The second-order valence-corrected chi connectivity index (χ2v) is 8.98. The van der Waals surface area contributed by atoms with Crippen LogP contribution in [0.4, 0.5) is 0 Å². The highest BCUT2D eigenvalue weighted by molar-refractivity contribution is 5.88. The van der Waals surface area contributed by atoms with E-state index >= 15 is 0 Å². The molecule has 0 heterocycles.